The van der Waals surface area contributed by atoms with E-state index in [9.17, 15) is 0 Å². The number of guanidine groups is 1. The number of aryl methyl sites for hydroxylation is 1. The Labute approximate surface area is 198 Å². The monoisotopic (exact) mass is 544 g/mol. The molecule has 1 aromatic heterocycles. The second-order valence-electron chi connectivity index (χ2n) is 7.37. The first-order valence-electron chi connectivity index (χ1n) is 10.1. The van der Waals surface area contributed by atoms with E-state index in [1.54, 1.807) is 11.3 Å². The first-order chi connectivity index (χ1) is 14.2. The number of hydrogen-bond acceptors (Lipinski definition) is 6. The third kappa shape index (κ3) is 5.36. The van der Waals surface area contributed by atoms with Gasteiger partial charge in [0.2, 0.25) is 6.79 Å². The summed E-state index contributed by atoms with van der Waals surface area (Å²) < 4.78 is 16.8. The van der Waals surface area contributed by atoms with E-state index >= 15 is 0 Å². The Morgan fingerprint density at radius 3 is 2.73 bits per heavy atom. The lowest BCUT2D eigenvalue weighted by atomic mass is 9.74. The van der Waals surface area contributed by atoms with Gasteiger partial charge in [-0.3, -0.25) is 0 Å². The van der Waals surface area contributed by atoms with Gasteiger partial charge in [-0.2, -0.15) is 0 Å². The molecule has 0 atom stereocenters. The zero-order chi connectivity index (χ0) is 20.1. The van der Waals surface area contributed by atoms with Crippen LogP contribution >= 0.6 is 35.3 Å². The molecule has 2 aliphatic heterocycles. The SMILES string of the molecule is CCNC(=NCc1ncc(C)s1)NCC1(c2ccc3c(c2)OCO3)CCOCC1.I. The summed E-state index contributed by atoms with van der Waals surface area (Å²) in [6, 6.07) is 6.29. The van der Waals surface area contributed by atoms with E-state index < -0.39 is 0 Å². The van der Waals surface area contributed by atoms with Gasteiger partial charge in [-0.05, 0) is 44.4 Å². The number of hydrogen-bond donors (Lipinski definition) is 2. The van der Waals surface area contributed by atoms with Gasteiger partial charge < -0.3 is 24.8 Å². The second-order valence-corrected chi connectivity index (χ2v) is 8.69. The second kappa shape index (κ2) is 10.6. The molecule has 2 aliphatic rings. The van der Waals surface area contributed by atoms with E-state index in [4.69, 9.17) is 19.2 Å². The predicted molar refractivity (Wildman–Crippen MR) is 129 cm³/mol. The van der Waals surface area contributed by atoms with Gasteiger partial charge in [0.05, 0.1) is 6.54 Å². The van der Waals surface area contributed by atoms with E-state index in [0.29, 0.717) is 13.3 Å². The number of ether oxygens (including phenoxy) is 3. The summed E-state index contributed by atoms with van der Waals surface area (Å²) in [6.07, 6.45) is 3.79. The van der Waals surface area contributed by atoms with Crippen LogP contribution in [0.1, 0.15) is 35.2 Å². The highest BCUT2D eigenvalue weighted by Crippen LogP contribution is 2.40. The predicted octanol–water partition coefficient (Wildman–Crippen LogP) is 3.60. The number of nitrogens with zero attached hydrogens (tertiary/aromatic N) is 2. The first kappa shape index (κ1) is 23.1. The third-order valence-electron chi connectivity index (χ3n) is 5.41. The Hall–Kier alpha value is -1.59. The highest BCUT2D eigenvalue weighted by molar-refractivity contribution is 14.0. The zero-order valence-electron chi connectivity index (χ0n) is 17.4. The molecule has 30 heavy (non-hydrogen) atoms. The minimum absolute atomic E-state index is 0. The molecule has 0 saturated carbocycles. The summed E-state index contributed by atoms with van der Waals surface area (Å²) in [7, 11) is 0. The van der Waals surface area contributed by atoms with Crippen LogP contribution in [0.2, 0.25) is 0 Å². The van der Waals surface area contributed by atoms with Crippen molar-refractivity contribution in [2.45, 2.75) is 38.6 Å². The number of aliphatic imine (C=N–C) groups is 1. The van der Waals surface area contributed by atoms with Crippen molar-refractivity contribution in [3.63, 3.8) is 0 Å². The van der Waals surface area contributed by atoms with E-state index in [0.717, 1.165) is 61.6 Å². The third-order valence-corrected chi connectivity index (χ3v) is 6.31. The van der Waals surface area contributed by atoms with Crippen molar-refractivity contribution in [1.29, 1.82) is 0 Å². The fraction of sp³-hybridized carbons (Fsp3) is 0.524. The summed E-state index contributed by atoms with van der Waals surface area (Å²) in [5, 5.41) is 7.94. The van der Waals surface area contributed by atoms with Crippen molar-refractivity contribution in [2.75, 3.05) is 33.1 Å². The lowest BCUT2D eigenvalue weighted by molar-refractivity contribution is 0.0513. The molecule has 1 aromatic carbocycles. The minimum Gasteiger partial charge on any atom is -0.454 e. The molecule has 2 aromatic rings. The molecular formula is C21H29IN4O3S. The number of benzene rings is 1. The Kier molecular flexibility index (Phi) is 8.18. The molecule has 4 rings (SSSR count). The largest absolute Gasteiger partial charge is 0.454 e. The molecule has 0 unspecified atom stereocenters. The molecule has 1 fully saturated rings. The van der Waals surface area contributed by atoms with Crippen molar-refractivity contribution < 1.29 is 14.2 Å². The molecule has 1 saturated heterocycles. The Bertz CT molecular complexity index is 868. The molecule has 0 bridgehead atoms. The molecule has 164 valence electrons. The van der Waals surface area contributed by atoms with E-state index in [1.165, 1.54) is 10.4 Å². The average Bonchev–Trinajstić information content (AvgIpc) is 3.39. The quantitative estimate of drug-likeness (QED) is 0.329. The van der Waals surface area contributed by atoms with Crippen LogP contribution in [0.25, 0.3) is 0 Å². The number of rotatable bonds is 6. The molecule has 2 N–H and O–H groups in total. The minimum atomic E-state index is -0.0345. The van der Waals surface area contributed by atoms with E-state index in [-0.39, 0.29) is 29.4 Å². The van der Waals surface area contributed by atoms with Gasteiger partial charge >= 0.3 is 0 Å². The maximum absolute atomic E-state index is 5.66. The topological polar surface area (TPSA) is 77.0 Å². The van der Waals surface area contributed by atoms with Crippen LogP contribution in [0.4, 0.5) is 0 Å². The smallest absolute Gasteiger partial charge is 0.231 e. The maximum Gasteiger partial charge on any atom is 0.231 e. The van der Waals surface area contributed by atoms with Crippen LogP contribution in [0.5, 0.6) is 11.5 Å². The summed E-state index contributed by atoms with van der Waals surface area (Å²) in [6.45, 7) is 8.10. The molecular weight excluding hydrogens is 515 g/mol. The average molecular weight is 544 g/mol. The highest BCUT2D eigenvalue weighted by atomic mass is 127. The standard InChI is InChI=1S/C21H28N4O3S.HI/c1-3-22-20(24-12-19-23-11-15(2)29-19)25-13-21(6-8-26-9-7-21)16-4-5-17-18(10-16)28-14-27-17;/h4-5,10-11H,3,6-9,12-14H2,1-2H3,(H2,22,24,25);1H. The number of halogens is 1. The van der Waals surface area contributed by atoms with Crippen LogP contribution in [-0.4, -0.2) is 44.0 Å². The molecule has 0 aliphatic carbocycles. The van der Waals surface area contributed by atoms with E-state index in [2.05, 4.69) is 41.6 Å². The number of fused-ring (bicyclic) bond motifs is 1. The molecule has 0 amide bonds. The highest BCUT2D eigenvalue weighted by Gasteiger charge is 2.35. The Balaban J connectivity index is 0.00000256. The Morgan fingerprint density at radius 2 is 2.00 bits per heavy atom. The summed E-state index contributed by atoms with van der Waals surface area (Å²) >= 11 is 1.69. The van der Waals surface area contributed by atoms with E-state index in [1.807, 2.05) is 12.3 Å². The first-order valence-corrected chi connectivity index (χ1v) is 10.9. The van der Waals surface area contributed by atoms with Crippen molar-refractivity contribution >= 4 is 41.3 Å². The molecule has 9 heteroatoms. The summed E-state index contributed by atoms with van der Waals surface area (Å²) in [4.78, 5) is 10.3. The maximum atomic E-state index is 5.66. The van der Waals surface area contributed by atoms with Gasteiger partial charge in [0.1, 0.15) is 5.01 Å². The van der Waals surface area contributed by atoms with Crippen LogP contribution in [-0.2, 0) is 16.7 Å². The van der Waals surface area contributed by atoms with Crippen molar-refractivity contribution in [2.24, 2.45) is 4.99 Å². The molecule has 7 nitrogen and oxygen atoms in total. The van der Waals surface area contributed by atoms with Gasteiger partial charge in [-0.15, -0.1) is 35.3 Å². The van der Waals surface area contributed by atoms with Gasteiger partial charge in [-0.25, -0.2) is 9.98 Å². The van der Waals surface area contributed by atoms with Crippen molar-refractivity contribution in [3.05, 3.63) is 39.8 Å². The number of thiazole rings is 1. The van der Waals surface area contributed by atoms with Gasteiger partial charge in [0.15, 0.2) is 17.5 Å². The van der Waals surface area contributed by atoms with Crippen LogP contribution in [0, 0.1) is 6.92 Å². The molecule has 0 radical (unpaired) electrons. The Morgan fingerprint density at radius 1 is 1.20 bits per heavy atom. The lowest BCUT2D eigenvalue weighted by Crippen LogP contribution is -2.48. The fourth-order valence-corrected chi connectivity index (χ4v) is 4.48. The normalized spacial score (nSPS) is 17.3. The molecule has 0 spiro atoms. The van der Waals surface area contributed by atoms with Crippen LogP contribution in [0.15, 0.2) is 29.4 Å². The zero-order valence-corrected chi connectivity index (χ0v) is 20.5. The number of nitrogens with one attached hydrogen (secondary N) is 2. The number of aromatic nitrogens is 1. The van der Waals surface area contributed by atoms with Crippen molar-refractivity contribution in [3.8, 4) is 11.5 Å². The van der Waals surface area contributed by atoms with Crippen LogP contribution in [0.3, 0.4) is 0 Å². The van der Waals surface area contributed by atoms with Crippen molar-refractivity contribution in [1.82, 2.24) is 15.6 Å². The van der Waals surface area contributed by atoms with Gasteiger partial charge in [0, 0.05) is 42.8 Å². The van der Waals surface area contributed by atoms with Gasteiger partial charge in [-0.1, -0.05) is 6.07 Å². The molecule has 3 heterocycles. The van der Waals surface area contributed by atoms with Gasteiger partial charge in [0.25, 0.3) is 0 Å². The fourth-order valence-electron chi connectivity index (χ4n) is 3.77. The lowest BCUT2D eigenvalue weighted by Gasteiger charge is -2.38. The summed E-state index contributed by atoms with van der Waals surface area (Å²) in [5.41, 5.74) is 1.22. The summed E-state index contributed by atoms with van der Waals surface area (Å²) in [5.74, 6) is 2.46. The van der Waals surface area contributed by atoms with Crippen LogP contribution < -0.4 is 20.1 Å².